The highest BCUT2D eigenvalue weighted by Crippen LogP contribution is 2.30. The number of fused-ring (bicyclic) bond motifs is 1. The number of amides is 3. The average molecular weight is 409 g/mol. The summed E-state index contributed by atoms with van der Waals surface area (Å²) in [6.45, 7) is 2.10. The minimum absolute atomic E-state index is 0.0530. The summed E-state index contributed by atoms with van der Waals surface area (Å²) >= 11 is 0. The second-order valence-electron chi connectivity index (χ2n) is 7.23. The van der Waals surface area contributed by atoms with Crippen molar-refractivity contribution in [2.45, 2.75) is 38.6 Å². The molecule has 0 spiro atoms. The van der Waals surface area contributed by atoms with Crippen LogP contribution in [-0.4, -0.2) is 34.1 Å². The number of nitro groups is 1. The lowest BCUT2D eigenvalue weighted by molar-refractivity contribution is -0.385. The van der Waals surface area contributed by atoms with E-state index in [0.29, 0.717) is 25.7 Å². The quantitative estimate of drug-likeness (QED) is 0.294. The van der Waals surface area contributed by atoms with Gasteiger partial charge in [0, 0.05) is 19.0 Å². The first kappa shape index (κ1) is 21.2. The Balaban J connectivity index is 1.44. The van der Waals surface area contributed by atoms with Crippen LogP contribution in [0.2, 0.25) is 0 Å². The van der Waals surface area contributed by atoms with Crippen molar-refractivity contribution in [1.29, 1.82) is 0 Å². The number of unbranched alkanes of at least 4 members (excludes halogenated alkanes) is 2. The predicted octanol–water partition coefficient (Wildman–Crippen LogP) is 3.63. The Morgan fingerprint density at radius 3 is 2.47 bits per heavy atom. The summed E-state index contributed by atoms with van der Waals surface area (Å²) in [5, 5.41) is 14.1. The van der Waals surface area contributed by atoms with Crippen LogP contribution in [0.5, 0.6) is 0 Å². The number of benzene rings is 2. The predicted molar refractivity (Wildman–Crippen MR) is 110 cm³/mol. The van der Waals surface area contributed by atoms with Crippen LogP contribution in [-0.2, 0) is 4.79 Å². The molecule has 0 aromatic heterocycles. The van der Waals surface area contributed by atoms with Gasteiger partial charge in [0.05, 0.1) is 16.5 Å². The number of carbonyl (C=O) groups excluding carboxylic acids is 3. The minimum atomic E-state index is -0.650. The number of carbonyl (C=O) groups is 3. The van der Waals surface area contributed by atoms with Gasteiger partial charge in [-0.1, -0.05) is 42.8 Å². The monoisotopic (exact) mass is 409 g/mol. The van der Waals surface area contributed by atoms with Crippen LogP contribution in [0, 0.1) is 10.1 Å². The molecule has 1 atom stereocenters. The zero-order valence-corrected chi connectivity index (χ0v) is 16.7. The Morgan fingerprint density at radius 1 is 1.03 bits per heavy atom. The molecule has 0 saturated heterocycles. The van der Waals surface area contributed by atoms with Gasteiger partial charge >= 0.3 is 0 Å². The van der Waals surface area contributed by atoms with Crippen LogP contribution in [0.15, 0.2) is 48.5 Å². The Bertz CT molecular complexity index is 974. The van der Waals surface area contributed by atoms with Crippen LogP contribution >= 0.6 is 0 Å². The van der Waals surface area contributed by atoms with Crippen molar-refractivity contribution in [2.24, 2.45) is 0 Å². The van der Waals surface area contributed by atoms with Crippen molar-refractivity contribution < 1.29 is 19.3 Å². The summed E-state index contributed by atoms with van der Waals surface area (Å²) in [6, 6.07) is 13.7. The van der Waals surface area contributed by atoms with Gasteiger partial charge in [-0.15, -0.1) is 0 Å². The van der Waals surface area contributed by atoms with E-state index in [4.69, 9.17) is 0 Å². The molecule has 0 unspecified atom stereocenters. The minimum Gasteiger partial charge on any atom is -0.350 e. The Kier molecular flexibility index (Phi) is 6.56. The molecule has 2 aromatic carbocycles. The van der Waals surface area contributed by atoms with Gasteiger partial charge in [-0.2, -0.15) is 0 Å². The zero-order valence-electron chi connectivity index (χ0n) is 16.7. The summed E-state index contributed by atoms with van der Waals surface area (Å²) in [4.78, 5) is 48.6. The molecular weight excluding hydrogens is 386 g/mol. The lowest BCUT2D eigenvalue weighted by Gasteiger charge is -2.15. The summed E-state index contributed by atoms with van der Waals surface area (Å²) < 4.78 is 0. The van der Waals surface area contributed by atoms with E-state index < -0.39 is 16.7 Å². The average Bonchev–Trinajstić information content (AvgIpc) is 2.98. The third kappa shape index (κ3) is 4.53. The van der Waals surface area contributed by atoms with Gasteiger partial charge in [-0.05, 0) is 31.4 Å². The van der Waals surface area contributed by atoms with Crippen molar-refractivity contribution in [3.8, 4) is 0 Å². The van der Waals surface area contributed by atoms with E-state index in [1.54, 1.807) is 0 Å². The van der Waals surface area contributed by atoms with Gasteiger partial charge in [0.1, 0.15) is 5.56 Å². The topological polar surface area (TPSA) is 110 Å². The molecule has 1 N–H and O–H groups in total. The fraction of sp³-hybridized carbons (Fsp3) is 0.318. The second kappa shape index (κ2) is 9.30. The maximum absolute atomic E-state index is 12.5. The van der Waals surface area contributed by atoms with E-state index >= 15 is 0 Å². The van der Waals surface area contributed by atoms with Crippen LogP contribution < -0.4 is 5.32 Å². The first-order chi connectivity index (χ1) is 14.4. The van der Waals surface area contributed by atoms with Crippen molar-refractivity contribution in [3.63, 3.8) is 0 Å². The van der Waals surface area contributed by atoms with E-state index in [1.807, 2.05) is 37.3 Å². The highest BCUT2D eigenvalue weighted by atomic mass is 16.6. The van der Waals surface area contributed by atoms with Gasteiger partial charge in [-0.25, -0.2) is 0 Å². The molecule has 3 rings (SSSR count). The van der Waals surface area contributed by atoms with Gasteiger partial charge in [0.25, 0.3) is 17.5 Å². The molecule has 156 valence electrons. The van der Waals surface area contributed by atoms with Gasteiger partial charge in [-0.3, -0.25) is 29.4 Å². The molecule has 8 heteroatoms. The van der Waals surface area contributed by atoms with E-state index in [1.165, 1.54) is 18.2 Å². The number of nitrogens with zero attached hydrogens (tertiary/aromatic N) is 2. The number of hydrogen-bond donors (Lipinski definition) is 1. The van der Waals surface area contributed by atoms with Crippen molar-refractivity contribution in [1.82, 2.24) is 10.2 Å². The Morgan fingerprint density at radius 2 is 1.77 bits per heavy atom. The fourth-order valence-electron chi connectivity index (χ4n) is 3.54. The molecule has 0 fully saturated rings. The molecule has 1 aliphatic heterocycles. The van der Waals surface area contributed by atoms with Crippen molar-refractivity contribution >= 4 is 23.4 Å². The second-order valence-corrected chi connectivity index (χ2v) is 7.23. The molecule has 1 aliphatic rings. The van der Waals surface area contributed by atoms with Crippen LogP contribution in [0.1, 0.15) is 64.9 Å². The normalized spacial score (nSPS) is 13.8. The smallest absolute Gasteiger partial charge is 0.282 e. The maximum Gasteiger partial charge on any atom is 0.282 e. The lowest BCUT2D eigenvalue weighted by atomic mass is 10.1. The molecule has 0 radical (unpaired) electrons. The molecule has 0 aliphatic carbocycles. The fourth-order valence-corrected chi connectivity index (χ4v) is 3.54. The zero-order chi connectivity index (χ0) is 21.7. The highest BCUT2D eigenvalue weighted by Gasteiger charge is 2.40. The SMILES string of the molecule is C[C@@H](NC(=O)CCCCCN1C(=O)c2cccc([N+](=O)[O-])c2C1=O)c1ccccc1. The molecule has 3 amide bonds. The first-order valence-corrected chi connectivity index (χ1v) is 9.88. The molecule has 1 heterocycles. The number of nitrogens with one attached hydrogen (secondary N) is 1. The highest BCUT2D eigenvalue weighted by molar-refractivity contribution is 6.23. The van der Waals surface area contributed by atoms with Gasteiger partial charge in [0.15, 0.2) is 0 Å². The molecule has 0 bridgehead atoms. The molecule has 8 nitrogen and oxygen atoms in total. The van der Waals surface area contributed by atoms with E-state index in [9.17, 15) is 24.5 Å². The maximum atomic E-state index is 12.5. The van der Waals surface area contributed by atoms with Crippen LogP contribution in [0.25, 0.3) is 0 Å². The molecule has 2 aromatic rings. The van der Waals surface area contributed by atoms with E-state index in [2.05, 4.69) is 5.32 Å². The summed E-state index contributed by atoms with van der Waals surface area (Å²) in [7, 11) is 0. The number of rotatable bonds is 9. The summed E-state index contributed by atoms with van der Waals surface area (Å²) in [5.41, 5.74) is 0.619. The first-order valence-electron chi connectivity index (χ1n) is 9.88. The third-order valence-electron chi connectivity index (χ3n) is 5.14. The molecular formula is C22H23N3O5. The van der Waals surface area contributed by atoms with Crippen molar-refractivity contribution in [3.05, 3.63) is 75.3 Å². The van der Waals surface area contributed by atoms with Crippen LogP contribution in [0.3, 0.4) is 0 Å². The number of hydrogen-bond acceptors (Lipinski definition) is 5. The lowest BCUT2D eigenvalue weighted by Crippen LogP contribution is -2.31. The van der Waals surface area contributed by atoms with E-state index in [-0.39, 0.29) is 35.3 Å². The van der Waals surface area contributed by atoms with E-state index in [0.717, 1.165) is 10.5 Å². The number of imide groups is 1. The Labute approximate surface area is 174 Å². The van der Waals surface area contributed by atoms with Gasteiger partial charge < -0.3 is 5.32 Å². The van der Waals surface area contributed by atoms with Crippen LogP contribution in [0.4, 0.5) is 5.69 Å². The van der Waals surface area contributed by atoms with Crippen molar-refractivity contribution in [2.75, 3.05) is 6.54 Å². The standard InChI is InChI=1S/C22H23N3O5/c1-15(16-9-4-2-5-10-16)23-19(26)13-6-3-7-14-24-21(27)17-11-8-12-18(25(29)30)20(17)22(24)28/h2,4-5,8-12,15H,3,6-7,13-14H2,1H3,(H,23,26)/t15-/m1/s1. The molecule has 30 heavy (non-hydrogen) atoms. The Hall–Kier alpha value is -3.55. The van der Waals surface area contributed by atoms with Gasteiger partial charge in [0.2, 0.25) is 5.91 Å². The molecule has 0 saturated carbocycles. The summed E-state index contributed by atoms with van der Waals surface area (Å²) in [5.74, 6) is -1.19. The third-order valence-corrected chi connectivity index (χ3v) is 5.14. The summed E-state index contributed by atoms with van der Waals surface area (Å²) in [6.07, 6.45) is 2.16. The largest absolute Gasteiger partial charge is 0.350 e. The number of nitro benzene ring substituents is 1.